The fourth-order valence-corrected chi connectivity index (χ4v) is 1.51. The molecule has 0 spiro atoms. The summed E-state index contributed by atoms with van der Waals surface area (Å²) >= 11 is 8.03. The lowest BCUT2D eigenvalue weighted by Crippen LogP contribution is -1.79. The number of hydrogen-bond donors (Lipinski definition) is 0. The molecule has 0 aliphatic rings. The molecule has 0 aliphatic heterocycles. The molecule has 0 radical (unpaired) electrons. The van der Waals surface area contributed by atoms with Crippen LogP contribution in [-0.4, -0.2) is 4.98 Å². The molecular weight excluding hydrogens is 248 g/mol. The molecule has 0 aliphatic carbocycles. The van der Waals surface area contributed by atoms with Crippen LogP contribution in [0.15, 0.2) is 18.5 Å². The third-order valence-corrected chi connectivity index (χ3v) is 2.18. The number of alkyl halides is 1. The second-order valence-corrected chi connectivity index (χ2v) is 2.77. The molecule has 0 saturated heterocycles. The first kappa shape index (κ1) is 7.28. The third-order valence-electron chi connectivity index (χ3n) is 0.988. The quantitative estimate of drug-likeness (QED) is 0.554. The Bertz CT molecular complexity index is 202. The van der Waals surface area contributed by atoms with Crippen LogP contribution in [0, 0.1) is 0 Å². The van der Waals surface area contributed by atoms with Crippen LogP contribution in [0.2, 0.25) is 5.02 Å². The SMILES string of the molecule is Clc1ccncc1CI. The predicted molar refractivity (Wildman–Crippen MR) is 47.0 cm³/mol. The van der Waals surface area contributed by atoms with Gasteiger partial charge in [-0.05, 0) is 11.6 Å². The van der Waals surface area contributed by atoms with Gasteiger partial charge in [0.1, 0.15) is 0 Å². The Balaban J connectivity index is 3.01. The van der Waals surface area contributed by atoms with Gasteiger partial charge in [-0.1, -0.05) is 34.2 Å². The Morgan fingerprint density at radius 3 is 2.89 bits per heavy atom. The second kappa shape index (κ2) is 3.37. The van der Waals surface area contributed by atoms with Gasteiger partial charge in [0.2, 0.25) is 0 Å². The van der Waals surface area contributed by atoms with Crippen molar-refractivity contribution in [2.75, 3.05) is 0 Å². The van der Waals surface area contributed by atoms with Gasteiger partial charge in [-0.15, -0.1) is 0 Å². The normalized spacial score (nSPS) is 9.56. The van der Waals surface area contributed by atoms with E-state index >= 15 is 0 Å². The summed E-state index contributed by atoms with van der Waals surface area (Å²) in [5.74, 6) is 0. The highest BCUT2D eigenvalue weighted by Crippen LogP contribution is 2.15. The summed E-state index contributed by atoms with van der Waals surface area (Å²) in [6.45, 7) is 0. The molecule has 0 N–H and O–H groups in total. The smallest absolute Gasteiger partial charge is 0.0476 e. The summed E-state index contributed by atoms with van der Waals surface area (Å²) in [5.41, 5.74) is 1.10. The van der Waals surface area contributed by atoms with Crippen molar-refractivity contribution in [1.82, 2.24) is 4.98 Å². The molecule has 0 bridgehead atoms. The van der Waals surface area contributed by atoms with Gasteiger partial charge < -0.3 is 0 Å². The monoisotopic (exact) mass is 253 g/mol. The first-order chi connectivity index (χ1) is 4.34. The van der Waals surface area contributed by atoms with Gasteiger partial charge in [-0.3, -0.25) is 4.98 Å². The van der Waals surface area contributed by atoms with Gasteiger partial charge in [0.15, 0.2) is 0 Å². The molecule has 0 amide bonds. The minimum atomic E-state index is 0.805. The fraction of sp³-hybridized carbons (Fsp3) is 0.167. The van der Waals surface area contributed by atoms with Crippen molar-refractivity contribution in [1.29, 1.82) is 0 Å². The number of rotatable bonds is 1. The van der Waals surface area contributed by atoms with Crippen LogP contribution < -0.4 is 0 Å². The van der Waals surface area contributed by atoms with Crippen LogP contribution in [-0.2, 0) is 4.43 Å². The first-order valence-corrected chi connectivity index (χ1v) is 4.39. The van der Waals surface area contributed by atoms with Crippen molar-refractivity contribution in [2.24, 2.45) is 0 Å². The highest BCUT2D eigenvalue weighted by Gasteiger charge is 1.93. The van der Waals surface area contributed by atoms with Crippen LogP contribution in [0.25, 0.3) is 0 Å². The van der Waals surface area contributed by atoms with Crippen LogP contribution in [0.4, 0.5) is 0 Å². The molecule has 1 aromatic rings. The number of pyridine rings is 1. The molecule has 0 atom stereocenters. The Morgan fingerprint density at radius 2 is 2.44 bits per heavy atom. The average molecular weight is 253 g/mol. The van der Waals surface area contributed by atoms with Crippen molar-refractivity contribution in [3.8, 4) is 0 Å². The molecule has 0 saturated carbocycles. The lowest BCUT2D eigenvalue weighted by atomic mass is 10.3. The molecule has 1 nitrogen and oxygen atoms in total. The van der Waals surface area contributed by atoms with Gasteiger partial charge >= 0.3 is 0 Å². The van der Waals surface area contributed by atoms with Crippen molar-refractivity contribution >= 4 is 34.2 Å². The average Bonchev–Trinajstić information content (AvgIpc) is 1.89. The number of aromatic nitrogens is 1. The molecule has 0 aromatic carbocycles. The minimum absolute atomic E-state index is 0.805. The summed E-state index contributed by atoms with van der Waals surface area (Å²) in [5, 5.41) is 0.805. The lowest BCUT2D eigenvalue weighted by Gasteiger charge is -1.94. The molecule has 1 heterocycles. The Morgan fingerprint density at radius 1 is 1.67 bits per heavy atom. The van der Waals surface area contributed by atoms with Crippen molar-refractivity contribution in [2.45, 2.75) is 4.43 Å². The minimum Gasteiger partial charge on any atom is -0.264 e. The summed E-state index contributed by atoms with van der Waals surface area (Å²) < 4.78 is 0.921. The molecule has 9 heavy (non-hydrogen) atoms. The molecule has 1 rings (SSSR count). The van der Waals surface area contributed by atoms with E-state index in [4.69, 9.17) is 11.6 Å². The molecule has 0 unspecified atom stereocenters. The maximum Gasteiger partial charge on any atom is 0.0476 e. The Labute approximate surface area is 72.6 Å². The van der Waals surface area contributed by atoms with E-state index in [2.05, 4.69) is 27.6 Å². The fourth-order valence-electron chi connectivity index (χ4n) is 0.509. The third kappa shape index (κ3) is 1.79. The van der Waals surface area contributed by atoms with Crippen LogP contribution in [0.1, 0.15) is 5.56 Å². The summed E-state index contributed by atoms with van der Waals surface area (Å²) in [6.07, 6.45) is 3.48. The molecular formula is C6H5ClIN. The van der Waals surface area contributed by atoms with Gasteiger partial charge in [-0.25, -0.2) is 0 Å². The number of halogens is 2. The first-order valence-electron chi connectivity index (χ1n) is 2.49. The highest BCUT2D eigenvalue weighted by atomic mass is 127. The van der Waals surface area contributed by atoms with E-state index in [1.807, 2.05) is 0 Å². The highest BCUT2D eigenvalue weighted by molar-refractivity contribution is 14.1. The zero-order chi connectivity index (χ0) is 6.69. The van der Waals surface area contributed by atoms with E-state index in [1.165, 1.54) is 0 Å². The van der Waals surface area contributed by atoms with Crippen LogP contribution in [0.5, 0.6) is 0 Å². The zero-order valence-electron chi connectivity index (χ0n) is 4.64. The molecule has 1 aromatic heterocycles. The Hall–Kier alpha value is 0.170. The van der Waals surface area contributed by atoms with Crippen molar-refractivity contribution in [3.05, 3.63) is 29.0 Å². The van der Waals surface area contributed by atoms with Gasteiger partial charge in [-0.2, -0.15) is 0 Å². The predicted octanol–water partition coefficient (Wildman–Crippen LogP) is 2.67. The zero-order valence-corrected chi connectivity index (χ0v) is 7.56. The summed E-state index contributed by atoms with van der Waals surface area (Å²) in [7, 11) is 0. The standard InChI is InChI=1S/C6H5ClIN/c7-6-1-2-9-4-5(6)3-8/h1-2,4H,3H2. The number of nitrogens with zero attached hydrogens (tertiary/aromatic N) is 1. The van der Waals surface area contributed by atoms with Gasteiger partial charge in [0, 0.05) is 21.8 Å². The van der Waals surface area contributed by atoms with Gasteiger partial charge in [0.05, 0.1) is 0 Å². The molecule has 48 valence electrons. The topological polar surface area (TPSA) is 12.9 Å². The van der Waals surface area contributed by atoms with E-state index in [0.29, 0.717) is 0 Å². The second-order valence-electron chi connectivity index (χ2n) is 1.60. The van der Waals surface area contributed by atoms with E-state index in [1.54, 1.807) is 18.5 Å². The summed E-state index contributed by atoms with van der Waals surface area (Å²) in [4.78, 5) is 3.93. The van der Waals surface area contributed by atoms with Gasteiger partial charge in [0.25, 0.3) is 0 Å². The largest absolute Gasteiger partial charge is 0.264 e. The van der Waals surface area contributed by atoms with Crippen molar-refractivity contribution in [3.63, 3.8) is 0 Å². The van der Waals surface area contributed by atoms with Crippen molar-refractivity contribution < 1.29 is 0 Å². The van der Waals surface area contributed by atoms with E-state index in [9.17, 15) is 0 Å². The van der Waals surface area contributed by atoms with Crippen LogP contribution in [0.3, 0.4) is 0 Å². The van der Waals surface area contributed by atoms with E-state index in [-0.39, 0.29) is 0 Å². The van der Waals surface area contributed by atoms with Crippen LogP contribution >= 0.6 is 34.2 Å². The van der Waals surface area contributed by atoms with E-state index < -0.39 is 0 Å². The molecule has 0 fully saturated rings. The summed E-state index contributed by atoms with van der Waals surface area (Å²) in [6, 6.07) is 1.80. The lowest BCUT2D eigenvalue weighted by molar-refractivity contribution is 1.26. The maximum atomic E-state index is 5.78. The Kier molecular flexibility index (Phi) is 2.72. The number of hydrogen-bond acceptors (Lipinski definition) is 1. The van der Waals surface area contributed by atoms with E-state index in [0.717, 1.165) is 15.0 Å². The molecule has 3 heteroatoms. The maximum absolute atomic E-state index is 5.78.